The summed E-state index contributed by atoms with van der Waals surface area (Å²) >= 11 is 0. The molecule has 0 aliphatic heterocycles. The summed E-state index contributed by atoms with van der Waals surface area (Å²) in [6, 6.07) is 6.06. The molecule has 1 aromatic carbocycles. The van der Waals surface area contributed by atoms with Crippen LogP contribution in [0.4, 0.5) is 0 Å². The van der Waals surface area contributed by atoms with Crippen molar-refractivity contribution in [2.75, 3.05) is 34.0 Å². The van der Waals surface area contributed by atoms with Crippen LogP contribution in [0.5, 0.6) is 11.5 Å². The van der Waals surface area contributed by atoms with Crippen molar-refractivity contribution in [3.63, 3.8) is 0 Å². The Morgan fingerprint density at radius 3 is 2.65 bits per heavy atom. The number of rotatable bonds is 10. The van der Waals surface area contributed by atoms with E-state index in [9.17, 15) is 0 Å². The molecular weight excluding hydrogens is 254 g/mol. The van der Waals surface area contributed by atoms with Crippen molar-refractivity contribution >= 4 is 0 Å². The van der Waals surface area contributed by atoms with Crippen LogP contribution in [0.1, 0.15) is 25.8 Å². The van der Waals surface area contributed by atoms with Crippen molar-refractivity contribution in [3.05, 3.63) is 23.8 Å². The first-order chi connectivity index (χ1) is 9.71. The normalized spacial score (nSPS) is 12.2. The Morgan fingerprint density at radius 2 is 2.00 bits per heavy atom. The van der Waals surface area contributed by atoms with Gasteiger partial charge in [0.25, 0.3) is 0 Å². The maximum Gasteiger partial charge on any atom is 0.161 e. The van der Waals surface area contributed by atoms with E-state index < -0.39 is 0 Å². The van der Waals surface area contributed by atoms with Gasteiger partial charge in [0.2, 0.25) is 0 Å². The first-order valence-electron chi connectivity index (χ1n) is 7.20. The average molecular weight is 281 g/mol. The Morgan fingerprint density at radius 1 is 1.20 bits per heavy atom. The van der Waals surface area contributed by atoms with Crippen LogP contribution in [-0.2, 0) is 11.3 Å². The maximum absolute atomic E-state index is 5.81. The molecule has 0 spiro atoms. The van der Waals surface area contributed by atoms with Crippen LogP contribution in [0.2, 0.25) is 0 Å². The van der Waals surface area contributed by atoms with Crippen LogP contribution in [0, 0.1) is 5.92 Å². The zero-order valence-corrected chi connectivity index (χ0v) is 13.1. The van der Waals surface area contributed by atoms with Crippen molar-refractivity contribution in [2.24, 2.45) is 5.92 Å². The van der Waals surface area contributed by atoms with E-state index in [1.807, 2.05) is 12.1 Å². The van der Waals surface area contributed by atoms with Gasteiger partial charge in [-0.05, 0) is 23.6 Å². The van der Waals surface area contributed by atoms with Crippen molar-refractivity contribution in [3.8, 4) is 11.5 Å². The maximum atomic E-state index is 5.81. The fraction of sp³-hybridized carbons (Fsp3) is 0.625. The smallest absolute Gasteiger partial charge is 0.161 e. The topological polar surface area (TPSA) is 39.7 Å². The van der Waals surface area contributed by atoms with Crippen LogP contribution in [0.3, 0.4) is 0 Å². The minimum Gasteiger partial charge on any atom is -0.493 e. The number of nitrogens with one attached hydrogen (secondary N) is 1. The molecule has 1 aromatic rings. The predicted molar refractivity (Wildman–Crippen MR) is 81.5 cm³/mol. The lowest BCUT2D eigenvalue weighted by atomic mass is 10.1. The van der Waals surface area contributed by atoms with Crippen molar-refractivity contribution < 1.29 is 14.2 Å². The molecule has 0 aliphatic carbocycles. The highest BCUT2D eigenvalue weighted by Crippen LogP contribution is 2.28. The summed E-state index contributed by atoms with van der Waals surface area (Å²) in [5.74, 6) is 2.16. The van der Waals surface area contributed by atoms with Crippen molar-refractivity contribution in [1.29, 1.82) is 0 Å². The zero-order chi connectivity index (χ0) is 14.8. The van der Waals surface area contributed by atoms with Crippen LogP contribution < -0.4 is 14.8 Å². The Balaban J connectivity index is 2.56. The summed E-state index contributed by atoms with van der Waals surface area (Å²) < 4.78 is 16.2. The first-order valence-corrected chi connectivity index (χ1v) is 7.20. The molecule has 0 saturated carbocycles. The second kappa shape index (κ2) is 9.61. The molecule has 0 saturated heterocycles. The van der Waals surface area contributed by atoms with Crippen LogP contribution in [-0.4, -0.2) is 34.0 Å². The third kappa shape index (κ3) is 5.80. The molecule has 1 unspecified atom stereocenters. The SMILES string of the molecule is CCC(C)COc1ccc(CNCCOC)cc1OC. The molecule has 0 aromatic heterocycles. The van der Waals surface area contributed by atoms with E-state index in [-0.39, 0.29) is 0 Å². The monoisotopic (exact) mass is 281 g/mol. The minimum atomic E-state index is 0.551. The summed E-state index contributed by atoms with van der Waals surface area (Å²) in [6.07, 6.45) is 1.11. The highest BCUT2D eigenvalue weighted by molar-refractivity contribution is 5.42. The molecule has 0 aliphatic rings. The zero-order valence-electron chi connectivity index (χ0n) is 13.1. The van der Waals surface area contributed by atoms with E-state index in [0.29, 0.717) is 12.5 Å². The van der Waals surface area contributed by atoms with Gasteiger partial charge in [0, 0.05) is 20.2 Å². The lowest BCUT2D eigenvalue weighted by Gasteiger charge is -2.15. The molecule has 1 rings (SSSR count). The summed E-state index contributed by atoms with van der Waals surface area (Å²) in [4.78, 5) is 0. The Hall–Kier alpha value is -1.26. The van der Waals surface area contributed by atoms with Crippen molar-refractivity contribution in [2.45, 2.75) is 26.8 Å². The minimum absolute atomic E-state index is 0.551. The Kier molecular flexibility index (Phi) is 8.07. The summed E-state index contributed by atoms with van der Waals surface area (Å²) in [7, 11) is 3.38. The lowest BCUT2D eigenvalue weighted by Crippen LogP contribution is -2.18. The first kappa shape index (κ1) is 16.8. The van der Waals surface area contributed by atoms with E-state index in [4.69, 9.17) is 14.2 Å². The van der Waals surface area contributed by atoms with E-state index >= 15 is 0 Å². The van der Waals surface area contributed by atoms with Crippen molar-refractivity contribution in [1.82, 2.24) is 5.32 Å². The van der Waals surface area contributed by atoms with Gasteiger partial charge in [0.05, 0.1) is 20.3 Å². The molecule has 0 heterocycles. The van der Waals surface area contributed by atoms with Gasteiger partial charge < -0.3 is 19.5 Å². The van der Waals surface area contributed by atoms with Crippen LogP contribution >= 0.6 is 0 Å². The van der Waals surface area contributed by atoms with Gasteiger partial charge in [-0.3, -0.25) is 0 Å². The molecular formula is C16H27NO3. The second-order valence-corrected chi connectivity index (χ2v) is 4.98. The van der Waals surface area contributed by atoms with Gasteiger partial charge in [-0.1, -0.05) is 26.3 Å². The lowest BCUT2D eigenvalue weighted by molar-refractivity contribution is 0.199. The fourth-order valence-electron chi connectivity index (χ4n) is 1.70. The predicted octanol–water partition coefficient (Wildman–Crippen LogP) is 2.86. The van der Waals surface area contributed by atoms with E-state index in [1.165, 1.54) is 5.56 Å². The molecule has 0 bridgehead atoms. The molecule has 0 fully saturated rings. The summed E-state index contributed by atoms with van der Waals surface area (Å²) in [5.41, 5.74) is 1.17. The molecule has 1 atom stereocenters. The second-order valence-electron chi connectivity index (χ2n) is 4.98. The average Bonchev–Trinajstić information content (AvgIpc) is 2.49. The van der Waals surface area contributed by atoms with Gasteiger partial charge in [-0.2, -0.15) is 0 Å². The van der Waals surface area contributed by atoms with E-state index in [1.54, 1.807) is 14.2 Å². The number of hydrogen-bond donors (Lipinski definition) is 1. The molecule has 4 nitrogen and oxygen atoms in total. The molecule has 20 heavy (non-hydrogen) atoms. The van der Waals surface area contributed by atoms with E-state index in [0.717, 1.165) is 37.6 Å². The summed E-state index contributed by atoms with van der Waals surface area (Å²) in [6.45, 7) is 7.42. The highest BCUT2D eigenvalue weighted by Gasteiger charge is 2.07. The highest BCUT2D eigenvalue weighted by atomic mass is 16.5. The third-order valence-electron chi connectivity index (χ3n) is 3.26. The van der Waals surface area contributed by atoms with E-state index in [2.05, 4.69) is 25.2 Å². The number of ether oxygens (including phenoxy) is 3. The molecule has 1 N–H and O–H groups in total. The number of hydrogen-bond acceptors (Lipinski definition) is 4. The standard InChI is InChI=1S/C16H27NO3/c1-5-13(2)12-20-15-7-6-14(10-16(15)19-4)11-17-8-9-18-3/h6-7,10,13,17H,5,8-9,11-12H2,1-4H3. The van der Waals surface area contributed by atoms with Gasteiger partial charge in [0.1, 0.15) is 0 Å². The van der Waals surface area contributed by atoms with Crippen LogP contribution in [0.25, 0.3) is 0 Å². The number of methoxy groups -OCH3 is 2. The molecule has 114 valence electrons. The molecule has 0 radical (unpaired) electrons. The molecule has 4 heteroatoms. The Bertz CT molecular complexity index is 382. The van der Waals surface area contributed by atoms with Gasteiger partial charge in [-0.25, -0.2) is 0 Å². The largest absolute Gasteiger partial charge is 0.493 e. The van der Waals surface area contributed by atoms with Crippen LogP contribution in [0.15, 0.2) is 18.2 Å². The van der Waals surface area contributed by atoms with Gasteiger partial charge in [0.15, 0.2) is 11.5 Å². The fourth-order valence-corrected chi connectivity index (χ4v) is 1.70. The number of benzene rings is 1. The van der Waals surface area contributed by atoms with Gasteiger partial charge >= 0.3 is 0 Å². The third-order valence-corrected chi connectivity index (χ3v) is 3.26. The molecule has 0 amide bonds. The quantitative estimate of drug-likeness (QED) is 0.669. The Labute approximate surface area is 122 Å². The summed E-state index contributed by atoms with van der Waals surface area (Å²) in [5, 5.41) is 3.31. The van der Waals surface area contributed by atoms with Gasteiger partial charge in [-0.15, -0.1) is 0 Å².